The molecule has 1 heteroatoms. The minimum Gasteiger partial charge on any atom is -0.314 e. The van der Waals surface area contributed by atoms with Gasteiger partial charge in [-0.25, -0.2) is 0 Å². The molecule has 0 aliphatic carbocycles. The van der Waals surface area contributed by atoms with Crippen LogP contribution in [0.2, 0.25) is 0 Å². The van der Waals surface area contributed by atoms with Crippen LogP contribution >= 0.6 is 0 Å². The second-order valence-electron chi connectivity index (χ2n) is 6.14. The molecule has 0 fully saturated rings. The van der Waals surface area contributed by atoms with Crippen molar-refractivity contribution >= 4 is 0 Å². The van der Waals surface area contributed by atoms with E-state index in [1.165, 1.54) is 23.1 Å². The van der Waals surface area contributed by atoms with Crippen LogP contribution in [0.4, 0.5) is 0 Å². The fraction of sp³-hybridized carbons (Fsp3) is 0.400. The second-order valence-corrected chi connectivity index (χ2v) is 6.14. The molecule has 0 aromatic heterocycles. The van der Waals surface area contributed by atoms with Crippen LogP contribution in [0.25, 0.3) is 0 Å². The standard InChI is InChI=1S/C20H27N/c1-16(2)21-15-20(19-11-5-4-6-12-19)14-13-18-10-8-7-9-17(18)3/h4-12,16,20-21H,13-15H2,1-3H3. The summed E-state index contributed by atoms with van der Waals surface area (Å²) in [6, 6.07) is 20.2. The molecule has 2 aromatic carbocycles. The van der Waals surface area contributed by atoms with Gasteiger partial charge in [0.15, 0.2) is 0 Å². The van der Waals surface area contributed by atoms with E-state index in [2.05, 4.69) is 80.7 Å². The summed E-state index contributed by atoms with van der Waals surface area (Å²) >= 11 is 0. The zero-order valence-corrected chi connectivity index (χ0v) is 13.5. The van der Waals surface area contributed by atoms with Crippen LogP contribution in [-0.4, -0.2) is 12.6 Å². The van der Waals surface area contributed by atoms with E-state index in [4.69, 9.17) is 0 Å². The Morgan fingerprint density at radius 2 is 1.57 bits per heavy atom. The lowest BCUT2D eigenvalue weighted by molar-refractivity contribution is 0.508. The highest BCUT2D eigenvalue weighted by molar-refractivity contribution is 5.27. The van der Waals surface area contributed by atoms with Crippen molar-refractivity contribution in [3.05, 3.63) is 71.3 Å². The fourth-order valence-electron chi connectivity index (χ4n) is 2.71. The Labute approximate surface area is 129 Å². The largest absolute Gasteiger partial charge is 0.314 e. The average molecular weight is 281 g/mol. The number of hydrogen-bond donors (Lipinski definition) is 1. The van der Waals surface area contributed by atoms with Crippen LogP contribution in [0.15, 0.2) is 54.6 Å². The van der Waals surface area contributed by atoms with E-state index in [9.17, 15) is 0 Å². The van der Waals surface area contributed by atoms with Gasteiger partial charge in [0, 0.05) is 12.6 Å². The zero-order valence-electron chi connectivity index (χ0n) is 13.5. The molecule has 1 unspecified atom stereocenters. The first-order chi connectivity index (χ1) is 10.2. The van der Waals surface area contributed by atoms with E-state index in [1.807, 2.05) is 0 Å². The monoisotopic (exact) mass is 281 g/mol. The van der Waals surface area contributed by atoms with E-state index in [-0.39, 0.29) is 0 Å². The van der Waals surface area contributed by atoms with Gasteiger partial charge in [-0.15, -0.1) is 0 Å². The van der Waals surface area contributed by atoms with Gasteiger partial charge in [0.2, 0.25) is 0 Å². The van der Waals surface area contributed by atoms with Crippen LogP contribution < -0.4 is 5.32 Å². The number of aryl methyl sites for hydroxylation is 2. The average Bonchev–Trinajstić information content (AvgIpc) is 2.49. The maximum atomic E-state index is 3.59. The highest BCUT2D eigenvalue weighted by atomic mass is 14.9. The maximum absolute atomic E-state index is 3.59. The summed E-state index contributed by atoms with van der Waals surface area (Å²) in [6.07, 6.45) is 2.33. The molecule has 0 heterocycles. The Kier molecular flexibility index (Phi) is 6.01. The van der Waals surface area contributed by atoms with Gasteiger partial charge in [0.05, 0.1) is 0 Å². The van der Waals surface area contributed by atoms with Gasteiger partial charge in [-0.1, -0.05) is 68.4 Å². The van der Waals surface area contributed by atoms with Crippen molar-refractivity contribution in [2.45, 2.75) is 45.6 Å². The van der Waals surface area contributed by atoms with E-state index in [0.717, 1.165) is 13.0 Å². The first kappa shape index (κ1) is 15.8. The third kappa shape index (κ3) is 5.02. The first-order valence-corrected chi connectivity index (χ1v) is 7.99. The number of rotatable bonds is 7. The van der Waals surface area contributed by atoms with Crippen molar-refractivity contribution in [3.8, 4) is 0 Å². The third-order valence-electron chi connectivity index (χ3n) is 4.07. The van der Waals surface area contributed by atoms with Gasteiger partial charge < -0.3 is 5.32 Å². The molecule has 0 bridgehead atoms. The van der Waals surface area contributed by atoms with Crippen molar-refractivity contribution in [1.82, 2.24) is 5.32 Å². The van der Waals surface area contributed by atoms with Crippen LogP contribution in [0, 0.1) is 6.92 Å². The lowest BCUT2D eigenvalue weighted by atomic mass is 9.91. The summed E-state index contributed by atoms with van der Waals surface area (Å²) in [4.78, 5) is 0. The highest BCUT2D eigenvalue weighted by Gasteiger charge is 2.12. The fourth-order valence-corrected chi connectivity index (χ4v) is 2.71. The summed E-state index contributed by atoms with van der Waals surface area (Å²) in [5.74, 6) is 0.577. The predicted octanol–water partition coefficient (Wildman–Crippen LogP) is 4.71. The number of benzene rings is 2. The Hall–Kier alpha value is -1.60. The predicted molar refractivity (Wildman–Crippen MR) is 91.8 cm³/mol. The van der Waals surface area contributed by atoms with Crippen molar-refractivity contribution in [2.75, 3.05) is 6.54 Å². The highest BCUT2D eigenvalue weighted by Crippen LogP contribution is 2.22. The van der Waals surface area contributed by atoms with Crippen LogP contribution in [0.1, 0.15) is 42.9 Å². The van der Waals surface area contributed by atoms with Gasteiger partial charge in [0.1, 0.15) is 0 Å². The molecular weight excluding hydrogens is 254 g/mol. The van der Waals surface area contributed by atoms with E-state index in [1.54, 1.807) is 0 Å². The number of hydrogen-bond acceptors (Lipinski definition) is 1. The van der Waals surface area contributed by atoms with Gasteiger partial charge >= 0.3 is 0 Å². The summed E-state index contributed by atoms with van der Waals surface area (Å²) < 4.78 is 0. The molecule has 2 aromatic rings. The van der Waals surface area contributed by atoms with Gasteiger partial charge in [-0.05, 0) is 42.4 Å². The molecule has 0 aliphatic heterocycles. The van der Waals surface area contributed by atoms with Crippen LogP contribution in [-0.2, 0) is 6.42 Å². The Morgan fingerprint density at radius 3 is 2.24 bits per heavy atom. The van der Waals surface area contributed by atoms with E-state index in [0.29, 0.717) is 12.0 Å². The van der Waals surface area contributed by atoms with E-state index < -0.39 is 0 Å². The smallest absolute Gasteiger partial charge is 0.00226 e. The van der Waals surface area contributed by atoms with Gasteiger partial charge in [-0.3, -0.25) is 0 Å². The van der Waals surface area contributed by atoms with Crippen molar-refractivity contribution < 1.29 is 0 Å². The van der Waals surface area contributed by atoms with Crippen molar-refractivity contribution in [2.24, 2.45) is 0 Å². The molecule has 1 atom stereocenters. The lowest BCUT2D eigenvalue weighted by Gasteiger charge is -2.20. The topological polar surface area (TPSA) is 12.0 Å². The first-order valence-electron chi connectivity index (χ1n) is 7.99. The Morgan fingerprint density at radius 1 is 0.905 bits per heavy atom. The Balaban J connectivity index is 2.04. The van der Waals surface area contributed by atoms with Crippen LogP contribution in [0.5, 0.6) is 0 Å². The minimum atomic E-state index is 0.537. The summed E-state index contributed by atoms with van der Waals surface area (Å²) in [7, 11) is 0. The summed E-state index contributed by atoms with van der Waals surface area (Å²) in [5, 5.41) is 3.59. The minimum absolute atomic E-state index is 0.537. The molecule has 0 saturated carbocycles. The summed E-state index contributed by atoms with van der Waals surface area (Å²) in [6.45, 7) is 7.68. The SMILES string of the molecule is Cc1ccccc1CCC(CNC(C)C)c1ccccc1. The van der Waals surface area contributed by atoms with Crippen molar-refractivity contribution in [1.29, 1.82) is 0 Å². The van der Waals surface area contributed by atoms with Crippen molar-refractivity contribution in [3.63, 3.8) is 0 Å². The normalized spacial score (nSPS) is 12.6. The molecule has 2 rings (SSSR count). The third-order valence-corrected chi connectivity index (χ3v) is 4.07. The molecule has 1 N–H and O–H groups in total. The molecule has 0 radical (unpaired) electrons. The quantitative estimate of drug-likeness (QED) is 0.775. The molecule has 1 nitrogen and oxygen atoms in total. The molecular formula is C20H27N. The molecule has 0 aliphatic rings. The Bertz CT molecular complexity index is 531. The molecule has 0 saturated heterocycles. The van der Waals surface area contributed by atoms with Crippen LogP contribution in [0.3, 0.4) is 0 Å². The molecule has 0 spiro atoms. The zero-order chi connectivity index (χ0) is 15.1. The summed E-state index contributed by atoms with van der Waals surface area (Å²) in [5.41, 5.74) is 4.32. The molecule has 0 amide bonds. The van der Waals surface area contributed by atoms with Gasteiger partial charge in [0.25, 0.3) is 0 Å². The lowest BCUT2D eigenvalue weighted by Crippen LogP contribution is -2.28. The second kappa shape index (κ2) is 7.99. The number of nitrogens with one attached hydrogen (secondary N) is 1. The molecule has 112 valence electrons. The maximum Gasteiger partial charge on any atom is 0.00226 e. The molecule has 21 heavy (non-hydrogen) atoms. The van der Waals surface area contributed by atoms with Gasteiger partial charge in [-0.2, -0.15) is 0 Å². The van der Waals surface area contributed by atoms with E-state index >= 15 is 0 Å².